The van der Waals surface area contributed by atoms with Gasteiger partial charge in [0.05, 0.1) is 11.9 Å². The van der Waals surface area contributed by atoms with Crippen molar-refractivity contribution < 1.29 is 4.39 Å². The van der Waals surface area contributed by atoms with E-state index in [1.807, 2.05) is 42.6 Å². The predicted octanol–water partition coefficient (Wildman–Crippen LogP) is 3.75. The van der Waals surface area contributed by atoms with E-state index in [0.717, 1.165) is 28.0 Å². The second kappa shape index (κ2) is 6.17. The van der Waals surface area contributed by atoms with E-state index in [9.17, 15) is 4.39 Å². The summed E-state index contributed by atoms with van der Waals surface area (Å²) in [4.78, 5) is 8.39. The molecular weight excluding hydrogens is 267 g/mol. The first-order chi connectivity index (χ1) is 10.3. The van der Waals surface area contributed by atoms with Gasteiger partial charge in [0.2, 0.25) is 0 Å². The quantitative estimate of drug-likeness (QED) is 0.748. The molecule has 3 aromatic rings. The highest BCUT2D eigenvalue weighted by molar-refractivity contribution is 5.85. The summed E-state index contributed by atoms with van der Waals surface area (Å²) in [7, 11) is 0. The van der Waals surface area contributed by atoms with Gasteiger partial charge in [0.15, 0.2) is 0 Å². The van der Waals surface area contributed by atoms with Crippen LogP contribution in [0.2, 0.25) is 0 Å². The zero-order valence-electron chi connectivity index (χ0n) is 11.4. The number of hydrogen-bond donors (Lipinski definition) is 2. The summed E-state index contributed by atoms with van der Waals surface area (Å²) in [5.41, 5.74) is 1.77. The minimum Gasteiger partial charge on any atom is -0.381 e. The first kappa shape index (κ1) is 13.3. The normalized spacial score (nSPS) is 10.5. The summed E-state index contributed by atoms with van der Waals surface area (Å²) in [5.74, 6) is 0.745. The van der Waals surface area contributed by atoms with Crippen molar-refractivity contribution in [3.63, 3.8) is 0 Å². The predicted molar refractivity (Wildman–Crippen MR) is 83.7 cm³/mol. The maximum absolute atomic E-state index is 12.1. The lowest BCUT2D eigenvalue weighted by molar-refractivity contribution is 0.513. The molecule has 1 aromatic carbocycles. The van der Waals surface area contributed by atoms with Crippen LogP contribution in [0.4, 0.5) is 21.6 Å². The molecule has 2 N–H and O–H groups in total. The van der Waals surface area contributed by atoms with E-state index in [2.05, 4.69) is 20.6 Å². The average molecular weight is 282 g/mol. The monoisotopic (exact) mass is 282 g/mol. The Kier molecular flexibility index (Phi) is 3.91. The Morgan fingerprint density at radius 1 is 0.952 bits per heavy atom. The number of anilines is 3. The molecule has 2 heterocycles. The van der Waals surface area contributed by atoms with Crippen molar-refractivity contribution in [3.05, 3.63) is 55.0 Å². The minimum absolute atomic E-state index is 0.299. The fraction of sp³-hybridized carbons (Fsp3) is 0.125. The van der Waals surface area contributed by atoms with Crippen LogP contribution in [0.3, 0.4) is 0 Å². The van der Waals surface area contributed by atoms with Crippen LogP contribution in [0.1, 0.15) is 0 Å². The van der Waals surface area contributed by atoms with E-state index in [1.54, 1.807) is 12.4 Å². The van der Waals surface area contributed by atoms with Crippen LogP contribution in [0.25, 0.3) is 10.8 Å². The molecule has 0 radical (unpaired) electrons. The highest BCUT2D eigenvalue weighted by Crippen LogP contribution is 2.21. The van der Waals surface area contributed by atoms with Crippen molar-refractivity contribution in [2.24, 2.45) is 0 Å². The van der Waals surface area contributed by atoms with Crippen LogP contribution in [-0.4, -0.2) is 23.2 Å². The summed E-state index contributed by atoms with van der Waals surface area (Å²) in [6.45, 7) is -0.0981. The number of hydrogen-bond acceptors (Lipinski definition) is 4. The molecule has 5 heteroatoms. The second-order valence-electron chi connectivity index (χ2n) is 4.61. The number of halogens is 1. The van der Waals surface area contributed by atoms with E-state index < -0.39 is 6.67 Å². The van der Waals surface area contributed by atoms with Gasteiger partial charge in [0.1, 0.15) is 12.5 Å². The highest BCUT2D eigenvalue weighted by atomic mass is 19.1. The van der Waals surface area contributed by atoms with Crippen molar-refractivity contribution >= 4 is 28.0 Å². The standard InChI is InChI=1S/C16H15FN4/c17-6-8-19-15-3-4-16(20-11-15)21-14-2-1-13-10-18-7-5-12(13)9-14/h1-5,7,9-11,19H,6,8H2,(H,20,21). The van der Waals surface area contributed by atoms with Gasteiger partial charge >= 0.3 is 0 Å². The van der Waals surface area contributed by atoms with Crippen molar-refractivity contribution in [3.8, 4) is 0 Å². The zero-order valence-corrected chi connectivity index (χ0v) is 11.4. The molecule has 0 aliphatic carbocycles. The van der Waals surface area contributed by atoms with Crippen LogP contribution < -0.4 is 10.6 Å². The van der Waals surface area contributed by atoms with E-state index in [0.29, 0.717) is 6.54 Å². The molecule has 0 unspecified atom stereocenters. The summed E-state index contributed by atoms with van der Waals surface area (Å²) in [5, 5.41) is 8.40. The van der Waals surface area contributed by atoms with Crippen LogP contribution >= 0.6 is 0 Å². The first-order valence-corrected chi connectivity index (χ1v) is 6.72. The topological polar surface area (TPSA) is 49.8 Å². The molecule has 0 atom stereocenters. The lowest BCUT2D eigenvalue weighted by Gasteiger charge is -2.08. The van der Waals surface area contributed by atoms with E-state index in [1.165, 1.54) is 0 Å². The van der Waals surface area contributed by atoms with Crippen LogP contribution in [0, 0.1) is 0 Å². The zero-order chi connectivity index (χ0) is 14.5. The number of nitrogens with one attached hydrogen (secondary N) is 2. The molecule has 21 heavy (non-hydrogen) atoms. The Labute approximate surface area is 122 Å². The average Bonchev–Trinajstić information content (AvgIpc) is 2.54. The molecule has 0 aliphatic rings. The molecule has 106 valence electrons. The number of pyridine rings is 2. The molecule has 0 saturated carbocycles. The number of alkyl halides is 1. The molecule has 0 saturated heterocycles. The summed E-state index contributed by atoms with van der Waals surface area (Å²) in [6, 6.07) is 11.8. The summed E-state index contributed by atoms with van der Waals surface area (Å²) >= 11 is 0. The molecular formula is C16H15FN4. The maximum atomic E-state index is 12.1. The summed E-state index contributed by atoms with van der Waals surface area (Å²) < 4.78 is 12.1. The lowest BCUT2D eigenvalue weighted by Crippen LogP contribution is -2.03. The number of benzene rings is 1. The third-order valence-corrected chi connectivity index (χ3v) is 3.10. The number of aromatic nitrogens is 2. The van der Waals surface area contributed by atoms with Gasteiger partial charge in [-0.15, -0.1) is 0 Å². The van der Waals surface area contributed by atoms with Gasteiger partial charge in [-0.05, 0) is 35.7 Å². The molecule has 0 spiro atoms. The Bertz CT molecular complexity index is 728. The van der Waals surface area contributed by atoms with Crippen LogP contribution in [-0.2, 0) is 0 Å². The summed E-state index contributed by atoms with van der Waals surface area (Å²) in [6.07, 6.45) is 5.29. The van der Waals surface area contributed by atoms with Gasteiger partial charge in [0.25, 0.3) is 0 Å². The van der Waals surface area contributed by atoms with Gasteiger partial charge in [-0.2, -0.15) is 0 Å². The lowest BCUT2D eigenvalue weighted by atomic mass is 10.1. The number of rotatable bonds is 5. The van der Waals surface area contributed by atoms with Crippen molar-refractivity contribution in [1.82, 2.24) is 9.97 Å². The molecule has 0 aliphatic heterocycles. The van der Waals surface area contributed by atoms with E-state index >= 15 is 0 Å². The number of fused-ring (bicyclic) bond motifs is 1. The van der Waals surface area contributed by atoms with Gasteiger partial charge < -0.3 is 10.6 Å². The molecule has 0 amide bonds. The van der Waals surface area contributed by atoms with Gasteiger partial charge in [-0.3, -0.25) is 4.98 Å². The molecule has 4 nitrogen and oxygen atoms in total. The molecule has 0 fully saturated rings. The maximum Gasteiger partial charge on any atom is 0.130 e. The fourth-order valence-electron chi connectivity index (χ4n) is 2.07. The van der Waals surface area contributed by atoms with Crippen molar-refractivity contribution in [2.45, 2.75) is 0 Å². The molecule has 2 aromatic heterocycles. The Balaban J connectivity index is 1.75. The van der Waals surface area contributed by atoms with Crippen molar-refractivity contribution in [1.29, 1.82) is 0 Å². The van der Waals surface area contributed by atoms with Gasteiger partial charge in [0, 0.05) is 30.0 Å². The number of nitrogens with zero attached hydrogens (tertiary/aromatic N) is 2. The van der Waals surface area contributed by atoms with Crippen molar-refractivity contribution in [2.75, 3.05) is 23.9 Å². The second-order valence-corrected chi connectivity index (χ2v) is 4.61. The minimum atomic E-state index is -0.397. The third kappa shape index (κ3) is 3.25. The van der Waals surface area contributed by atoms with Gasteiger partial charge in [-0.25, -0.2) is 9.37 Å². The SMILES string of the molecule is FCCNc1ccc(Nc2ccc3cnccc3c2)nc1. The Morgan fingerprint density at radius 2 is 1.86 bits per heavy atom. The van der Waals surface area contributed by atoms with Gasteiger partial charge in [-0.1, -0.05) is 6.07 Å². The molecule has 0 bridgehead atoms. The highest BCUT2D eigenvalue weighted by Gasteiger charge is 1.99. The first-order valence-electron chi connectivity index (χ1n) is 6.72. The Hall–Kier alpha value is -2.69. The Morgan fingerprint density at radius 3 is 2.67 bits per heavy atom. The van der Waals surface area contributed by atoms with E-state index in [-0.39, 0.29) is 0 Å². The van der Waals surface area contributed by atoms with Crippen LogP contribution in [0.5, 0.6) is 0 Å². The largest absolute Gasteiger partial charge is 0.381 e. The van der Waals surface area contributed by atoms with Crippen LogP contribution in [0.15, 0.2) is 55.0 Å². The smallest absolute Gasteiger partial charge is 0.130 e. The fourth-order valence-corrected chi connectivity index (χ4v) is 2.07. The third-order valence-electron chi connectivity index (χ3n) is 3.10. The van der Waals surface area contributed by atoms with E-state index in [4.69, 9.17) is 0 Å². The molecule has 3 rings (SSSR count).